The summed E-state index contributed by atoms with van der Waals surface area (Å²) in [7, 11) is 0. The minimum atomic E-state index is -1.78. The highest BCUT2D eigenvalue weighted by Gasteiger charge is 2.59. The van der Waals surface area contributed by atoms with Gasteiger partial charge >= 0.3 is 17.9 Å². The van der Waals surface area contributed by atoms with Crippen molar-refractivity contribution >= 4 is 17.9 Å². The van der Waals surface area contributed by atoms with Gasteiger partial charge in [0.2, 0.25) is 0 Å². The maximum Gasteiger partial charge on any atom is 0.338 e. The Hall–Kier alpha value is -4.01. The molecular formula is C27H24O8. The number of ether oxygens (including phenoxy) is 4. The lowest BCUT2D eigenvalue weighted by Crippen LogP contribution is -2.52. The molecule has 35 heavy (non-hydrogen) atoms. The standard InChI is InChI=1S/C27H24O8/c1-27(35-25(30)20-15-9-4-10-16-20)22(34-24(29)19-13-7-3-8-14-19)21(33-26(27)31)17-32-23(28)18-11-5-2-6-12-18/h2-16,21-22,26,31H,17H2,1H3/t21-,22?,26-,27?/m1/s1. The second-order valence-electron chi connectivity index (χ2n) is 8.12. The van der Waals surface area contributed by atoms with Crippen molar-refractivity contribution in [2.45, 2.75) is 31.0 Å². The topological polar surface area (TPSA) is 108 Å². The summed E-state index contributed by atoms with van der Waals surface area (Å²) in [6.45, 7) is 1.05. The second kappa shape index (κ2) is 10.5. The monoisotopic (exact) mass is 476 g/mol. The highest BCUT2D eigenvalue weighted by atomic mass is 16.7. The first kappa shape index (κ1) is 24.1. The number of hydrogen-bond donors (Lipinski definition) is 1. The first-order valence-corrected chi connectivity index (χ1v) is 11.0. The maximum absolute atomic E-state index is 12.8. The Morgan fingerprint density at radius 3 is 1.74 bits per heavy atom. The Kier molecular flexibility index (Phi) is 7.24. The predicted molar refractivity (Wildman–Crippen MR) is 124 cm³/mol. The summed E-state index contributed by atoms with van der Waals surface area (Å²) in [6.07, 6.45) is -4.02. The molecule has 4 atom stereocenters. The Morgan fingerprint density at radius 1 is 0.771 bits per heavy atom. The zero-order chi connectivity index (χ0) is 24.8. The summed E-state index contributed by atoms with van der Waals surface area (Å²) < 4.78 is 22.2. The third kappa shape index (κ3) is 5.40. The van der Waals surface area contributed by atoms with Crippen LogP contribution in [-0.4, -0.2) is 53.7 Å². The molecule has 0 aliphatic carbocycles. The fourth-order valence-corrected chi connectivity index (χ4v) is 3.72. The summed E-state index contributed by atoms with van der Waals surface area (Å²) in [6, 6.07) is 24.7. The molecule has 0 spiro atoms. The average molecular weight is 476 g/mol. The molecule has 0 radical (unpaired) electrons. The smallest absolute Gasteiger partial charge is 0.338 e. The Morgan fingerprint density at radius 2 is 1.23 bits per heavy atom. The Bertz CT molecular complexity index is 1170. The van der Waals surface area contributed by atoms with E-state index < -0.39 is 42.0 Å². The molecule has 1 N–H and O–H groups in total. The zero-order valence-electron chi connectivity index (χ0n) is 18.9. The van der Waals surface area contributed by atoms with Crippen molar-refractivity contribution in [3.8, 4) is 0 Å². The molecule has 1 aliphatic heterocycles. The molecule has 1 heterocycles. The molecule has 0 amide bonds. The molecule has 3 aromatic carbocycles. The van der Waals surface area contributed by atoms with Crippen molar-refractivity contribution in [2.24, 2.45) is 0 Å². The van der Waals surface area contributed by atoms with Gasteiger partial charge in [-0.15, -0.1) is 0 Å². The molecule has 0 saturated carbocycles. The quantitative estimate of drug-likeness (QED) is 0.408. The normalized spacial score (nSPS) is 23.3. The highest BCUT2D eigenvalue weighted by Crippen LogP contribution is 2.37. The van der Waals surface area contributed by atoms with E-state index in [0.717, 1.165) is 0 Å². The Balaban J connectivity index is 1.56. The minimum absolute atomic E-state index is 0.244. The predicted octanol–water partition coefficient (Wildman–Crippen LogP) is 3.40. The molecule has 4 rings (SSSR count). The van der Waals surface area contributed by atoms with Crippen LogP contribution in [0.15, 0.2) is 91.0 Å². The van der Waals surface area contributed by atoms with Gasteiger partial charge in [0, 0.05) is 0 Å². The minimum Gasteiger partial charge on any atom is -0.459 e. The van der Waals surface area contributed by atoms with Crippen LogP contribution in [0.5, 0.6) is 0 Å². The van der Waals surface area contributed by atoms with Gasteiger partial charge in [0.05, 0.1) is 16.7 Å². The molecule has 1 saturated heterocycles. The van der Waals surface area contributed by atoms with Gasteiger partial charge in [-0.2, -0.15) is 0 Å². The van der Waals surface area contributed by atoms with Crippen LogP contribution in [0.4, 0.5) is 0 Å². The van der Waals surface area contributed by atoms with Crippen LogP contribution in [0, 0.1) is 0 Å². The molecule has 180 valence electrons. The lowest BCUT2D eigenvalue weighted by atomic mass is 9.96. The number of benzene rings is 3. The Labute approximate surface area is 202 Å². The fourth-order valence-electron chi connectivity index (χ4n) is 3.72. The summed E-state index contributed by atoms with van der Waals surface area (Å²) in [5.41, 5.74) is -0.956. The van der Waals surface area contributed by atoms with E-state index in [0.29, 0.717) is 5.56 Å². The summed E-state index contributed by atoms with van der Waals surface area (Å²) in [5.74, 6) is -2.07. The number of esters is 3. The van der Waals surface area contributed by atoms with Crippen LogP contribution in [0.2, 0.25) is 0 Å². The fraction of sp³-hybridized carbons (Fsp3) is 0.222. The van der Waals surface area contributed by atoms with Crippen LogP contribution in [0.1, 0.15) is 38.0 Å². The average Bonchev–Trinajstić information content (AvgIpc) is 3.12. The molecule has 3 aromatic rings. The molecule has 8 heteroatoms. The number of hydrogen-bond acceptors (Lipinski definition) is 8. The van der Waals surface area contributed by atoms with Gasteiger partial charge in [0.25, 0.3) is 0 Å². The number of carbonyl (C=O) groups is 3. The molecule has 2 unspecified atom stereocenters. The van der Waals surface area contributed by atoms with E-state index >= 15 is 0 Å². The first-order valence-electron chi connectivity index (χ1n) is 11.0. The number of aliphatic hydroxyl groups is 1. The van der Waals surface area contributed by atoms with Gasteiger partial charge < -0.3 is 24.1 Å². The van der Waals surface area contributed by atoms with Gasteiger partial charge in [-0.05, 0) is 43.3 Å². The van der Waals surface area contributed by atoms with Gasteiger partial charge in [-0.3, -0.25) is 0 Å². The second-order valence-corrected chi connectivity index (χ2v) is 8.12. The molecule has 0 bridgehead atoms. The van der Waals surface area contributed by atoms with Crippen LogP contribution in [-0.2, 0) is 18.9 Å². The maximum atomic E-state index is 12.8. The lowest BCUT2D eigenvalue weighted by molar-refractivity contribution is -0.172. The molecular weight excluding hydrogens is 452 g/mol. The van der Waals surface area contributed by atoms with E-state index in [9.17, 15) is 19.5 Å². The number of aliphatic hydroxyl groups excluding tert-OH is 1. The summed E-state index contributed by atoms with van der Waals surface area (Å²) in [4.78, 5) is 38.1. The van der Waals surface area contributed by atoms with Gasteiger partial charge in [-0.25, -0.2) is 14.4 Å². The van der Waals surface area contributed by atoms with Crippen LogP contribution in [0.3, 0.4) is 0 Å². The highest BCUT2D eigenvalue weighted by molar-refractivity contribution is 5.91. The van der Waals surface area contributed by atoms with E-state index in [4.69, 9.17) is 18.9 Å². The largest absolute Gasteiger partial charge is 0.459 e. The number of rotatable bonds is 7. The van der Waals surface area contributed by atoms with Gasteiger partial charge in [0.1, 0.15) is 12.7 Å². The SMILES string of the molecule is CC1(OC(=O)c2ccccc2)C(OC(=O)c2ccccc2)[C@@H](COC(=O)c2ccccc2)O[C@H]1O. The van der Waals surface area contributed by atoms with Crippen LogP contribution < -0.4 is 0 Å². The van der Waals surface area contributed by atoms with Crippen LogP contribution in [0.25, 0.3) is 0 Å². The van der Waals surface area contributed by atoms with Crippen molar-refractivity contribution in [2.75, 3.05) is 6.61 Å². The first-order chi connectivity index (χ1) is 16.9. The van der Waals surface area contributed by atoms with E-state index in [1.54, 1.807) is 91.0 Å². The van der Waals surface area contributed by atoms with E-state index in [2.05, 4.69) is 0 Å². The van der Waals surface area contributed by atoms with E-state index in [1.165, 1.54) is 6.92 Å². The third-order valence-electron chi connectivity index (χ3n) is 5.65. The molecule has 0 aromatic heterocycles. The van der Waals surface area contributed by atoms with Crippen LogP contribution >= 0.6 is 0 Å². The van der Waals surface area contributed by atoms with Crippen molar-refractivity contribution < 1.29 is 38.4 Å². The number of carbonyl (C=O) groups excluding carboxylic acids is 3. The van der Waals surface area contributed by atoms with Crippen molar-refractivity contribution in [1.82, 2.24) is 0 Å². The lowest BCUT2D eigenvalue weighted by Gasteiger charge is -2.32. The van der Waals surface area contributed by atoms with E-state index in [-0.39, 0.29) is 17.7 Å². The molecule has 1 fully saturated rings. The third-order valence-corrected chi connectivity index (χ3v) is 5.65. The summed E-state index contributed by atoms with van der Waals surface area (Å²) >= 11 is 0. The van der Waals surface area contributed by atoms with Gasteiger partial charge in [0.15, 0.2) is 18.0 Å². The van der Waals surface area contributed by atoms with Crippen molar-refractivity contribution in [3.63, 3.8) is 0 Å². The van der Waals surface area contributed by atoms with Crippen molar-refractivity contribution in [3.05, 3.63) is 108 Å². The molecule has 8 nitrogen and oxygen atoms in total. The van der Waals surface area contributed by atoms with E-state index in [1.807, 2.05) is 0 Å². The molecule has 1 aliphatic rings. The van der Waals surface area contributed by atoms with Gasteiger partial charge in [-0.1, -0.05) is 54.6 Å². The summed E-state index contributed by atoms with van der Waals surface area (Å²) in [5, 5.41) is 10.7. The zero-order valence-corrected chi connectivity index (χ0v) is 18.9. The van der Waals surface area contributed by atoms with Crippen molar-refractivity contribution in [1.29, 1.82) is 0 Å².